The van der Waals surface area contributed by atoms with Crippen molar-refractivity contribution < 1.29 is 22.7 Å². The largest absolute Gasteiger partial charge is 0.478 e. The van der Waals surface area contributed by atoms with Crippen molar-refractivity contribution in [3.8, 4) is 0 Å². The van der Waals surface area contributed by atoms with Crippen LogP contribution in [0.3, 0.4) is 0 Å². The van der Waals surface area contributed by atoms with Crippen molar-refractivity contribution in [3.63, 3.8) is 0 Å². The maximum absolute atomic E-state index is 13.3. The molecule has 1 atom stereocenters. The highest BCUT2D eigenvalue weighted by atomic mass is 35.5. The number of sulfonamides is 1. The number of carbonyl (C=O) groups is 1. The molecule has 0 bridgehead atoms. The van der Waals surface area contributed by atoms with Crippen molar-refractivity contribution in [2.24, 2.45) is 0 Å². The van der Waals surface area contributed by atoms with Gasteiger partial charge in [-0.05, 0) is 47.9 Å². The lowest BCUT2D eigenvalue weighted by Crippen LogP contribution is -2.27. The average molecular weight is 525 g/mol. The monoisotopic (exact) mass is 524 g/mol. The van der Waals surface area contributed by atoms with Gasteiger partial charge in [0, 0.05) is 19.0 Å². The van der Waals surface area contributed by atoms with E-state index in [-0.39, 0.29) is 28.8 Å². The third-order valence-electron chi connectivity index (χ3n) is 5.24. The quantitative estimate of drug-likeness (QED) is 0.306. The Morgan fingerprint density at radius 1 is 1.00 bits per heavy atom. The molecule has 1 unspecified atom stereocenters. The highest BCUT2D eigenvalue weighted by Crippen LogP contribution is 2.26. The molecule has 0 fully saturated rings. The molecule has 3 aromatic rings. The van der Waals surface area contributed by atoms with Crippen LogP contribution in [0.2, 0.25) is 10.0 Å². The number of benzene rings is 3. The number of hydrogen-bond donors (Lipinski definition) is 3. The van der Waals surface area contributed by atoms with E-state index in [0.717, 1.165) is 5.56 Å². The zero-order valence-corrected chi connectivity index (χ0v) is 20.3. The van der Waals surface area contributed by atoms with Gasteiger partial charge in [-0.15, -0.1) is 0 Å². The number of carboxylic acids is 1. The summed E-state index contributed by atoms with van der Waals surface area (Å²) < 4.78 is 41.1. The van der Waals surface area contributed by atoms with E-state index in [1.165, 1.54) is 36.4 Å². The first-order valence-electron chi connectivity index (χ1n) is 10.4. The lowest BCUT2D eigenvalue weighted by molar-refractivity contribution is 0.0697. The maximum Gasteiger partial charge on any atom is 0.335 e. The van der Waals surface area contributed by atoms with Crippen LogP contribution < -0.4 is 10.0 Å². The minimum atomic E-state index is -3.63. The van der Waals surface area contributed by atoms with Crippen LogP contribution in [0.1, 0.15) is 33.8 Å². The molecular weight excluding hydrogens is 502 g/mol. The van der Waals surface area contributed by atoms with Gasteiger partial charge in [-0.1, -0.05) is 59.6 Å². The number of hydrogen-bond acceptors (Lipinski definition) is 4. The van der Waals surface area contributed by atoms with Crippen molar-refractivity contribution in [2.45, 2.75) is 18.9 Å². The molecule has 34 heavy (non-hydrogen) atoms. The standard InChI is InChI=1S/C24H23Cl2FN2O4S/c25-20-8-7-18(24(30)31)13-23(20)28-15-19(17-4-2-1-3-5-17)10-11-34(32,33)29-14-16-6-9-22(27)21(26)12-16/h1-9,12-13,19,28-29H,10-11,14-15H2,(H,30,31). The molecule has 10 heteroatoms. The van der Waals surface area contributed by atoms with E-state index >= 15 is 0 Å². The summed E-state index contributed by atoms with van der Waals surface area (Å²) in [7, 11) is -3.63. The number of aromatic carboxylic acids is 1. The van der Waals surface area contributed by atoms with Gasteiger partial charge < -0.3 is 10.4 Å². The molecule has 0 aliphatic rings. The van der Waals surface area contributed by atoms with Crippen LogP contribution in [0.4, 0.5) is 10.1 Å². The van der Waals surface area contributed by atoms with Crippen LogP contribution in [-0.2, 0) is 16.6 Å². The number of anilines is 1. The maximum atomic E-state index is 13.3. The highest BCUT2D eigenvalue weighted by Gasteiger charge is 2.18. The average Bonchev–Trinajstić information content (AvgIpc) is 2.81. The molecule has 3 N–H and O–H groups in total. The van der Waals surface area contributed by atoms with Crippen molar-refractivity contribution in [1.82, 2.24) is 4.72 Å². The lowest BCUT2D eigenvalue weighted by atomic mass is 9.96. The summed E-state index contributed by atoms with van der Waals surface area (Å²) in [5.41, 5.74) is 2.03. The lowest BCUT2D eigenvalue weighted by Gasteiger charge is -2.20. The Morgan fingerprint density at radius 2 is 1.74 bits per heavy atom. The molecule has 3 rings (SSSR count). The third kappa shape index (κ3) is 7.43. The summed E-state index contributed by atoms with van der Waals surface area (Å²) in [5.74, 6) is -1.98. The Labute approximate surface area is 207 Å². The first kappa shape index (κ1) is 26.0. The van der Waals surface area contributed by atoms with E-state index in [2.05, 4.69) is 10.0 Å². The number of halogens is 3. The van der Waals surface area contributed by atoms with Gasteiger partial charge in [0.25, 0.3) is 0 Å². The van der Waals surface area contributed by atoms with Gasteiger partial charge in [0.1, 0.15) is 5.82 Å². The molecule has 0 aliphatic heterocycles. The summed E-state index contributed by atoms with van der Waals surface area (Å²) >= 11 is 12.0. The molecular formula is C24H23Cl2FN2O4S. The van der Waals surface area contributed by atoms with Gasteiger partial charge in [0.05, 0.1) is 27.0 Å². The Hall–Kier alpha value is -2.65. The highest BCUT2D eigenvalue weighted by molar-refractivity contribution is 7.89. The molecule has 0 aromatic heterocycles. The Kier molecular flexibility index (Phi) is 8.90. The Morgan fingerprint density at radius 3 is 2.41 bits per heavy atom. The summed E-state index contributed by atoms with van der Waals surface area (Å²) in [6.07, 6.45) is 0.298. The number of carboxylic acid groups (broad SMARTS) is 1. The molecule has 0 saturated heterocycles. The summed E-state index contributed by atoms with van der Waals surface area (Å²) in [4.78, 5) is 11.3. The first-order valence-corrected chi connectivity index (χ1v) is 12.8. The fraction of sp³-hybridized carbons (Fsp3) is 0.208. The van der Waals surface area contributed by atoms with Gasteiger partial charge in [0.2, 0.25) is 10.0 Å². The topological polar surface area (TPSA) is 95.5 Å². The second-order valence-corrected chi connectivity index (χ2v) is 10.4. The van der Waals surface area contributed by atoms with Crippen molar-refractivity contribution >= 4 is 44.9 Å². The predicted octanol–water partition coefficient (Wildman–Crippen LogP) is 5.54. The zero-order valence-electron chi connectivity index (χ0n) is 18.0. The molecule has 0 heterocycles. The zero-order chi connectivity index (χ0) is 24.7. The van der Waals surface area contributed by atoms with E-state index in [1.54, 1.807) is 0 Å². The fourth-order valence-electron chi connectivity index (χ4n) is 3.35. The van der Waals surface area contributed by atoms with Crippen LogP contribution >= 0.6 is 23.2 Å². The molecule has 0 radical (unpaired) electrons. The fourth-order valence-corrected chi connectivity index (χ4v) is 4.86. The molecule has 0 spiro atoms. The van der Waals surface area contributed by atoms with Gasteiger partial charge in [-0.3, -0.25) is 0 Å². The normalized spacial score (nSPS) is 12.3. The molecule has 0 saturated carbocycles. The van der Waals surface area contributed by atoms with E-state index in [0.29, 0.717) is 29.2 Å². The Balaban J connectivity index is 1.67. The predicted molar refractivity (Wildman–Crippen MR) is 133 cm³/mol. The van der Waals surface area contributed by atoms with Crippen LogP contribution in [0.25, 0.3) is 0 Å². The first-order chi connectivity index (χ1) is 16.1. The smallest absolute Gasteiger partial charge is 0.335 e. The van der Waals surface area contributed by atoms with Crippen molar-refractivity contribution in [3.05, 3.63) is 99.3 Å². The molecule has 3 aromatic carbocycles. The van der Waals surface area contributed by atoms with Crippen molar-refractivity contribution in [2.75, 3.05) is 17.6 Å². The van der Waals surface area contributed by atoms with Crippen LogP contribution in [0, 0.1) is 5.82 Å². The number of nitrogens with one attached hydrogen (secondary N) is 2. The number of rotatable bonds is 11. The molecule has 180 valence electrons. The van der Waals surface area contributed by atoms with E-state index in [9.17, 15) is 22.7 Å². The van der Waals surface area contributed by atoms with Gasteiger partial charge in [-0.2, -0.15) is 0 Å². The SMILES string of the molecule is O=C(O)c1ccc(Cl)c(NCC(CCS(=O)(=O)NCc2ccc(F)c(Cl)c2)c2ccccc2)c1. The van der Waals surface area contributed by atoms with Gasteiger partial charge in [0.15, 0.2) is 0 Å². The van der Waals surface area contributed by atoms with E-state index in [4.69, 9.17) is 23.2 Å². The second-order valence-electron chi connectivity index (χ2n) is 7.67. The van der Waals surface area contributed by atoms with Gasteiger partial charge in [-0.25, -0.2) is 22.3 Å². The van der Waals surface area contributed by atoms with Gasteiger partial charge >= 0.3 is 5.97 Å². The van der Waals surface area contributed by atoms with Crippen LogP contribution in [0.5, 0.6) is 0 Å². The molecule has 6 nitrogen and oxygen atoms in total. The Bertz CT molecular complexity index is 1260. The second kappa shape index (κ2) is 11.7. The van der Waals surface area contributed by atoms with Crippen molar-refractivity contribution in [1.29, 1.82) is 0 Å². The molecule has 0 aliphatic carbocycles. The van der Waals surface area contributed by atoms with Crippen LogP contribution in [0.15, 0.2) is 66.7 Å². The summed E-state index contributed by atoms with van der Waals surface area (Å²) in [6, 6.07) is 17.8. The summed E-state index contributed by atoms with van der Waals surface area (Å²) in [6.45, 7) is 0.337. The minimum Gasteiger partial charge on any atom is -0.478 e. The van der Waals surface area contributed by atoms with E-state index in [1.807, 2.05) is 30.3 Å². The molecule has 0 amide bonds. The minimum absolute atomic E-state index is 0.00578. The summed E-state index contributed by atoms with van der Waals surface area (Å²) in [5, 5.41) is 12.7. The van der Waals surface area contributed by atoms with Crippen LogP contribution in [-0.4, -0.2) is 31.8 Å². The van der Waals surface area contributed by atoms with E-state index < -0.39 is 21.8 Å². The third-order valence-corrected chi connectivity index (χ3v) is 7.22.